The molecule has 0 unspecified atom stereocenters. The lowest BCUT2D eigenvalue weighted by molar-refractivity contribution is -0.122. The van der Waals surface area contributed by atoms with Gasteiger partial charge in [-0.25, -0.2) is 0 Å². The van der Waals surface area contributed by atoms with Crippen LogP contribution in [0.5, 0.6) is 11.5 Å². The summed E-state index contributed by atoms with van der Waals surface area (Å²) in [5.41, 5.74) is 6.23. The van der Waals surface area contributed by atoms with E-state index in [1.54, 1.807) is 14.2 Å². The molecule has 6 heteroatoms. The van der Waals surface area contributed by atoms with Gasteiger partial charge in [0, 0.05) is 12.1 Å². The maximum absolute atomic E-state index is 12.4. The van der Waals surface area contributed by atoms with Gasteiger partial charge in [0.1, 0.15) is 11.5 Å². The average molecular weight is 331 g/mol. The van der Waals surface area contributed by atoms with Crippen molar-refractivity contribution < 1.29 is 14.3 Å². The van der Waals surface area contributed by atoms with E-state index in [0.717, 1.165) is 18.4 Å². The van der Waals surface area contributed by atoms with Crippen LogP contribution in [0.4, 0.5) is 0 Å². The monoisotopic (exact) mass is 330 g/mol. The van der Waals surface area contributed by atoms with E-state index in [9.17, 15) is 4.79 Å². The normalized spacial score (nSPS) is 10.6. The minimum absolute atomic E-state index is 0. The lowest BCUT2D eigenvalue weighted by Gasteiger charge is -2.31. The van der Waals surface area contributed by atoms with Gasteiger partial charge in [-0.1, -0.05) is 19.9 Å². The van der Waals surface area contributed by atoms with Gasteiger partial charge in [0.05, 0.1) is 26.2 Å². The standard InChI is InChI=1S/C16H26N2O3.ClH/c1-5-16(6-2,11-17)18-15(19)10-12-13(20-3)8-7-9-14(12)21-4;/h7-9H,5-6,10-11,17H2,1-4H3,(H,18,19);1H. The number of nitrogens with one attached hydrogen (secondary N) is 1. The summed E-state index contributed by atoms with van der Waals surface area (Å²) in [7, 11) is 3.16. The maximum atomic E-state index is 12.4. The van der Waals surface area contributed by atoms with E-state index in [4.69, 9.17) is 15.2 Å². The number of benzene rings is 1. The van der Waals surface area contributed by atoms with Crippen molar-refractivity contribution in [1.29, 1.82) is 0 Å². The summed E-state index contributed by atoms with van der Waals surface area (Å²) in [4.78, 5) is 12.4. The van der Waals surface area contributed by atoms with Crippen molar-refractivity contribution in [3.63, 3.8) is 0 Å². The fourth-order valence-corrected chi connectivity index (χ4v) is 2.37. The number of carbonyl (C=O) groups is 1. The Hall–Kier alpha value is -1.46. The molecule has 0 aliphatic heterocycles. The lowest BCUT2D eigenvalue weighted by atomic mass is 9.92. The first kappa shape index (κ1) is 20.5. The molecule has 0 spiro atoms. The third-order valence-corrected chi connectivity index (χ3v) is 4.02. The molecule has 0 aliphatic rings. The van der Waals surface area contributed by atoms with Crippen molar-refractivity contribution in [2.24, 2.45) is 5.73 Å². The van der Waals surface area contributed by atoms with E-state index in [2.05, 4.69) is 5.32 Å². The number of amides is 1. The van der Waals surface area contributed by atoms with Crippen LogP contribution in [0, 0.1) is 0 Å². The highest BCUT2D eigenvalue weighted by atomic mass is 35.5. The van der Waals surface area contributed by atoms with Crippen LogP contribution in [0.3, 0.4) is 0 Å². The van der Waals surface area contributed by atoms with Crippen LogP contribution in [0.15, 0.2) is 18.2 Å². The Morgan fingerprint density at radius 1 is 1.18 bits per heavy atom. The minimum Gasteiger partial charge on any atom is -0.496 e. The molecular formula is C16H27ClN2O3. The quantitative estimate of drug-likeness (QED) is 0.767. The lowest BCUT2D eigenvalue weighted by Crippen LogP contribution is -2.53. The van der Waals surface area contributed by atoms with Crippen molar-refractivity contribution in [3.8, 4) is 11.5 Å². The third-order valence-electron chi connectivity index (χ3n) is 4.02. The van der Waals surface area contributed by atoms with Gasteiger partial charge < -0.3 is 20.5 Å². The Morgan fingerprint density at radius 2 is 1.68 bits per heavy atom. The number of hydrogen-bond donors (Lipinski definition) is 2. The van der Waals surface area contributed by atoms with Crippen LogP contribution in [-0.4, -0.2) is 32.2 Å². The fraction of sp³-hybridized carbons (Fsp3) is 0.562. The topological polar surface area (TPSA) is 73.6 Å². The number of hydrogen-bond acceptors (Lipinski definition) is 4. The van der Waals surface area contributed by atoms with Crippen LogP contribution in [0.1, 0.15) is 32.3 Å². The number of carbonyl (C=O) groups excluding carboxylic acids is 1. The number of methoxy groups -OCH3 is 2. The second-order valence-corrected chi connectivity index (χ2v) is 5.06. The minimum atomic E-state index is -0.341. The van der Waals surface area contributed by atoms with E-state index in [-0.39, 0.29) is 30.3 Å². The molecule has 0 saturated heterocycles. The molecule has 1 amide bonds. The first-order valence-corrected chi connectivity index (χ1v) is 7.26. The molecule has 1 aromatic carbocycles. The van der Waals surface area contributed by atoms with Crippen LogP contribution in [0.25, 0.3) is 0 Å². The van der Waals surface area contributed by atoms with E-state index in [1.165, 1.54) is 0 Å². The molecule has 0 aromatic heterocycles. The molecule has 0 bridgehead atoms. The summed E-state index contributed by atoms with van der Waals surface area (Å²) in [6.07, 6.45) is 1.80. The van der Waals surface area contributed by atoms with Crippen LogP contribution < -0.4 is 20.5 Å². The van der Waals surface area contributed by atoms with Gasteiger partial charge >= 0.3 is 0 Å². The molecule has 0 heterocycles. The zero-order chi connectivity index (χ0) is 15.9. The molecular weight excluding hydrogens is 304 g/mol. The summed E-state index contributed by atoms with van der Waals surface area (Å²) in [5, 5.41) is 3.06. The Morgan fingerprint density at radius 3 is 2.05 bits per heavy atom. The van der Waals surface area contributed by atoms with Crippen molar-refractivity contribution in [2.75, 3.05) is 20.8 Å². The van der Waals surface area contributed by atoms with Gasteiger partial charge in [-0.3, -0.25) is 4.79 Å². The Labute approximate surface area is 139 Å². The largest absolute Gasteiger partial charge is 0.496 e. The summed E-state index contributed by atoms with van der Waals surface area (Å²) < 4.78 is 10.6. The van der Waals surface area contributed by atoms with Gasteiger partial charge in [-0.2, -0.15) is 0 Å². The van der Waals surface area contributed by atoms with E-state index in [0.29, 0.717) is 18.0 Å². The van der Waals surface area contributed by atoms with Crippen molar-refractivity contribution >= 4 is 18.3 Å². The van der Waals surface area contributed by atoms with Crippen LogP contribution >= 0.6 is 12.4 Å². The molecule has 1 aromatic rings. The SMILES string of the molecule is CCC(CC)(CN)NC(=O)Cc1c(OC)cccc1OC.Cl. The van der Waals surface area contributed by atoms with Gasteiger partial charge in [-0.05, 0) is 25.0 Å². The first-order chi connectivity index (χ1) is 10.1. The molecule has 3 N–H and O–H groups in total. The van der Waals surface area contributed by atoms with Crippen LogP contribution in [0.2, 0.25) is 0 Å². The third kappa shape index (κ3) is 4.78. The van der Waals surface area contributed by atoms with Gasteiger partial charge in [0.15, 0.2) is 0 Å². The predicted octanol–water partition coefficient (Wildman–Crippen LogP) is 2.30. The Balaban J connectivity index is 0.00000441. The second kappa shape index (κ2) is 9.54. The maximum Gasteiger partial charge on any atom is 0.225 e. The fourth-order valence-electron chi connectivity index (χ4n) is 2.37. The summed E-state index contributed by atoms with van der Waals surface area (Å²) >= 11 is 0. The van der Waals surface area contributed by atoms with E-state index >= 15 is 0 Å². The molecule has 0 fully saturated rings. The number of ether oxygens (including phenoxy) is 2. The Bertz CT molecular complexity index is 446. The highest BCUT2D eigenvalue weighted by Gasteiger charge is 2.27. The predicted molar refractivity (Wildman–Crippen MR) is 91.0 cm³/mol. The zero-order valence-electron chi connectivity index (χ0n) is 13.8. The van der Waals surface area contributed by atoms with Crippen molar-refractivity contribution in [2.45, 2.75) is 38.6 Å². The van der Waals surface area contributed by atoms with Crippen LogP contribution in [-0.2, 0) is 11.2 Å². The molecule has 126 valence electrons. The molecule has 0 atom stereocenters. The smallest absolute Gasteiger partial charge is 0.225 e. The zero-order valence-corrected chi connectivity index (χ0v) is 14.6. The van der Waals surface area contributed by atoms with E-state index in [1.807, 2.05) is 32.0 Å². The molecule has 0 aliphatic carbocycles. The summed E-state index contributed by atoms with van der Waals surface area (Å²) in [6.45, 7) is 4.48. The van der Waals surface area contributed by atoms with Crippen molar-refractivity contribution in [1.82, 2.24) is 5.32 Å². The van der Waals surface area contributed by atoms with Crippen molar-refractivity contribution in [3.05, 3.63) is 23.8 Å². The van der Waals surface area contributed by atoms with Gasteiger partial charge in [-0.15, -0.1) is 12.4 Å². The molecule has 0 saturated carbocycles. The molecule has 5 nitrogen and oxygen atoms in total. The average Bonchev–Trinajstić information content (AvgIpc) is 2.52. The number of nitrogens with two attached hydrogens (primary N) is 1. The van der Waals surface area contributed by atoms with Gasteiger partial charge in [0.2, 0.25) is 5.91 Å². The Kier molecular flexibility index (Phi) is 8.90. The van der Waals surface area contributed by atoms with Gasteiger partial charge in [0.25, 0.3) is 0 Å². The summed E-state index contributed by atoms with van der Waals surface area (Å²) in [6, 6.07) is 5.48. The molecule has 0 radical (unpaired) electrons. The highest BCUT2D eigenvalue weighted by molar-refractivity contribution is 5.85. The summed E-state index contributed by atoms with van der Waals surface area (Å²) in [5.74, 6) is 1.22. The first-order valence-electron chi connectivity index (χ1n) is 7.26. The molecule has 1 rings (SSSR count). The second-order valence-electron chi connectivity index (χ2n) is 5.06. The number of halogens is 1. The number of rotatable bonds is 8. The molecule has 22 heavy (non-hydrogen) atoms. The van der Waals surface area contributed by atoms with E-state index < -0.39 is 0 Å². The highest BCUT2D eigenvalue weighted by Crippen LogP contribution is 2.28.